The number of amides is 2. The highest BCUT2D eigenvalue weighted by Crippen LogP contribution is 2.42. The molecule has 5 rings (SSSR count). The molecular weight excluding hydrogens is 494 g/mol. The van der Waals surface area contributed by atoms with Crippen molar-refractivity contribution in [2.24, 2.45) is 0 Å². The Bertz CT molecular complexity index is 1340. The third-order valence-electron chi connectivity index (χ3n) is 6.26. The zero-order chi connectivity index (χ0) is 25.8. The lowest BCUT2D eigenvalue weighted by Crippen LogP contribution is -2.40. The summed E-state index contributed by atoms with van der Waals surface area (Å²) in [5, 5.41) is 3.37. The molecule has 4 heterocycles. The van der Waals surface area contributed by atoms with Crippen molar-refractivity contribution in [3.8, 4) is 16.9 Å². The van der Waals surface area contributed by atoms with Crippen LogP contribution in [0.2, 0.25) is 5.02 Å². The van der Waals surface area contributed by atoms with Gasteiger partial charge in [0, 0.05) is 55.3 Å². The van der Waals surface area contributed by atoms with Gasteiger partial charge in [0.2, 0.25) is 5.91 Å². The molecule has 2 aromatic heterocycles. The Hall–Kier alpha value is -3.95. The van der Waals surface area contributed by atoms with Gasteiger partial charge in [0.1, 0.15) is 17.7 Å². The molecule has 9 nitrogen and oxygen atoms in total. The molecule has 3 aromatic rings. The van der Waals surface area contributed by atoms with Gasteiger partial charge in [-0.1, -0.05) is 17.7 Å². The molecule has 0 bridgehead atoms. The van der Waals surface area contributed by atoms with Gasteiger partial charge in [-0.3, -0.25) is 14.6 Å². The van der Waals surface area contributed by atoms with Crippen LogP contribution < -0.4 is 15.8 Å². The van der Waals surface area contributed by atoms with E-state index < -0.39 is 0 Å². The number of fused-ring (bicyclic) bond motifs is 1. The molecule has 2 amide bonds. The first-order chi connectivity index (χ1) is 18.0. The van der Waals surface area contributed by atoms with E-state index in [1.165, 1.54) is 6.08 Å². The molecule has 0 radical (unpaired) electrons. The number of rotatable bonds is 6. The van der Waals surface area contributed by atoms with E-state index in [1.54, 1.807) is 47.8 Å². The molecule has 2 aliphatic heterocycles. The first-order valence-electron chi connectivity index (χ1n) is 12.0. The zero-order valence-corrected chi connectivity index (χ0v) is 20.8. The molecule has 1 aromatic carbocycles. The van der Waals surface area contributed by atoms with Gasteiger partial charge in [-0.25, -0.2) is 4.98 Å². The minimum Gasteiger partial charge on any atom is -0.486 e. The SMILES string of the molecule is Nc1ccc(C=CC(=O)NCC2Cc3c(-c4cncc(C(=O)N5CCOCC5)c4)ccc(Cl)c3O2)cn1. The predicted molar refractivity (Wildman–Crippen MR) is 140 cm³/mol. The number of hydrogen-bond acceptors (Lipinski definition) is 7. The number of pyridine rings is 2. The van der Waals surface area contributed by atoms with E-state index in [0.29, 0.717) is 61.4 Å². The molecule has 37 heavy (non-hydrogen) atoms. The maximum absolute atomic E-state index is 13.0. The summed E-state index contributed by atoms with van der Waals surface area (Å²) in [6, 6.07) is 8.99. The first-order valence-corrected chi connectivity index (χ1v) is 12.3. The number of nitrogens with zero attached hydrogens (tertiary/aromatic N) is 3. The number of aromatic nitrogens is 2. The van der Waals surface area contributed by atoms with Gasteiger partial charge in [-0.05, 0) is 41.5 Å². The fourth-order valence-corrected chi connectivity index (χ4v) is 4.59. The highest BCUT2D eigenvalue weighted by Gasteiger charge is 2.29. The monoisotopic (exact) mass is 519 g/mol. The third kappa shape index (κ3) is 5.73. The van der Waals surface area contributed by atoms with Crippen molar-refractivity contribution >= 4 is 35.3 Å². The lowest BCUT2D eigenvalue weighted by Gasteiger charge is -2.26. The van der Waals surface area contributed by atoms with Crippen molar-refractivity contribution < 1.29 is 19.1 Å². The van der Waals surface area contributed by atoms with E-state index in [0.717, 1.165) is 22.3 Å². The van der Waals surface area contributed by atoms with Gasteiger partial charge in [0.15, 0.2) is 0 Å². The summed E-state index contributed by atoms with van der Waals surface area (Å²) in [7, 11) is 0. The molecule has 1 unspecified atom stereocenters. The molecule has 1 fully saturated rings. The second-order valence-corrected chi connectivity index (χ2v) is 9.22. The Morgan fingerprint density at radius 3 is 2.78 bits per heavy atom. The van der Waals surface area contributed by atoms with Gasteiger partial charge in [0.05, 0.1) is 30.3 Å². The zero-order valence-electron chi connectivity index (χ0n) is 20.0. The fraction of sp³-hybridized carbons (Fsp3) is 0.259. The van der Waals surface area contributed by atoms with Gasteiger partial charge < -0.3 is 25.4 Å². The number of benzene rings is 1. The number of anilines is 1. The van der Waals surface area contributed by atoms with E-state index >= 15 is 0 Å². The molecule has 10 heteroatoms. The molecule has 1 saturated heterocycles. The number of carbonyl (C=O) groups excluding carboxylic acids is 2. The molecule has 0 aliphatic carbocycles. The molecule has 2 aliphatic rings. The van der Waals surface area contributed by atoms with Crippen LogP contribution >= 0.6 is 11.6 Å². The fourth-order valence-electron chi connectivity index (χ4n) is 4.36. The van der Waals surface area contributed by atoms with E-state index in [-0.39, 0.29) is 17.9 Å². The summed E-state index contributed by atoms with van der Waals surface area (Å²) in [6.45, 7) is 2.50. The second-order valence-electron chi connectivity index (χ2n) is 8.81. The number of nitrogens with one attached hydrogen (secondary N) is 1. The Morgan fingerprint density at radius 1 is 1.16 bits per heavy atom. The molecule has 3 N–H and O–H groups in total. The van der Waals surface area contributed by atoms with Gasteiger partial charge in [-0.2, -0.15) is 0 Å². The van der Waals surface area contributed by atoms with Crippen LogP contribution in [0.5, 0.6) is 5.75 Å². The summed E-state index contributed by atoms with van der Waals surface area (Å²) in [5.41, 5.74) is 9.50. The topological polar surface area (TPSA) is 120 Å². The van der Waals surface area contributed by atoms with Crippen molar-refractivity contribution in [2.75, 3.05) is 38.6 Å². The first kappa shape index (κ1) is 24.7. The predicted octanol–water partition coefficient (Wildman–Crippen LogP) is 2.98. The highest BCUT2D eigenvalue weighted by atomic mass is 35.5. The summed E-state index contributed by atoms with van der Waals surface area (Å²) in [5.74, 6) is 0.694. The normalized spacial score (nSPS) is 16.9. The molecule has 0 spiro atoms. The molecule has 1 atom stereocenters. The molecular formula is C27H26ClN5O4. The van der Waals surface area contributed by atoms with E-state index in [1.807, 2.05) is 12.1 Å². The maximum Gasteiger partial charge on any atom is 0.255 e. The lowest BCUT2D eigenvalue weighted by atomic mass is 9.96. The van der Waals surface area contributed by atoms with E-state index in [4.69, 9.17) is 26.8 Å². The number of morpholine rings is 1. The van der Waals surface area contributed by atoms with Crippen LogP contribution in [0.3, 0.4) is 0 Å². The van der Waals surface area contributed by atoms with Crippen LogP contribution in [0.25, 0.3) is 17.2 Å². The lowest BCUT2D eigenvalue weighted by molar-refractivity contribution is -0.116. The van der Waals surface area contributed by atoms with Crippen molar-refractivity contribution in [1.29, 1.82) is 0 Å². The van der Waals surface area contributed by atoms with E-state index in [2.05, 4.69) is 15.3 Å². The Labute approximate surface area is 219 Å². The maximum atomic E-state index is 13.0. The number of hydrogen-bond donors (Lipinski definition) is 2. The van der Waals surface area contributed by atoms with Crippen LogP contribution in [0.15, 0.2) is 55.0 Å². The second kappa shape index (κ2) is 11.0. The standard InChI is InChI=1S/C27H26ClN5O4/c28-23-4-3-21(18-11-19(15-30-14-18)27(35)33-7-9-36-10-8-33)22-12-20(37-26(22)23)16-32-25(34)6-2-17-1-5-24(29)31-13-17/h1-6,11,13-15,20H,7-10,12,16H2,(H2,29,31)(H,32,34). The summed E-state index contributed by atoms with van der Waals surface area (Å²) in [6.07, 6.45) is 8.29. The van der Waals surface area contributed by atoms with Crippen molar-refractivity contribution in [2.45, 2.75) is 12.5 Å². The third-order valence-corrected chi connectivity index (χ3v) is 6.56. The smallest absolute Gasteiger partial charge is 0.255 e. The minimum atomic E-state index is -0.282. The average molecular weight is 520 g/mol. The van der Waals surface area contributed by atoms with Gasteiger partial charge >= 0.3 is 0 Å². The van der Waals surface area contributed by atoms with Crippen LogP contribution in [-0.4, -0.2) is 65.6 Å². The molecule has 190 valence electrons. The summed E-state index contributed by atoms with van der Waals surface area (Å²) >= 11 is 6.44. The Balaban J connectivity index is 1.27. The Kier molecular flexibility index (Phi) is 7.34. The number of halogens is 1. The highest BCUT2D eigenvalue weighted by molar-refractivity contribution is 6.32. The minimum absolute atomic E-state index is 0.0668. The van der Waals surface area contributed by atoms with Gasteiger partial charge in [0.25, 0.3) is 5.91 Å². The number of carbonyl (C=O) groups is 2. The van der Waals surface area contributed by atoms with E-state index in [9.17, 15) is 9.59 Å². The van der Waals surface area contributed by atoms with Crippen molar-refractivity contribution in [3.05, 3.63) is 76.7 Å². The van der Waals surface area contributed by atoms with Crippen LogP contribution in [0, 0.1) is 0 Å². The quantitative estimate of drug-likeness (QED) is 0.480. The molecule has 0 saturated carbocycles. The number of ether oxygens (including phenoxy) is 2. The largest absolute Gasteiger partial charge is 0.486 e. The Morgan fingerprint density at radius 2 is 2.00 bits per heavy atom. The van der Waals surface area contributed by atoms with Crippen molar-refractivity contribution in [3.63, 3.8) is 0 Å². The van der Waals surface area contributed by atoms with Crippen molar-refractivity contribution in [1.82, 2.24) is 20.2 Å². The van der Waals surface area contributed by atoms with Crippen LogP contribution in [-0.2, 0) is 16.0 Å². The average Bonchev–Trinajstić information content (AvgIpc) is 3.37. The number of nitrogen functional groups attached to an aromatic ring is 1. The van der Waals surface area contributed by atoms with Crippen LogP contribution in [0.1, 0.15) is 21.5 Å². The summed E-state index contributed by atoms with van der Waals surface area (Å²) in [4.78, 5) is 35.4. The number of nitrogens with two attached hydrogens (primary N) is 1. The van der Waals surface area contributed by atoms with Gasteiger partial charge in [-0.15, -0.1) is 0 Å². The van der Waals surface area contributed by atoms with Crippen LogP contribution in [0.4, 0.5) is 5.82 Å². The summed E-state index contributed by atoms with van der Waals surface area (Å²) < 4.78 is 11.4.